The van der Waals surface area contributed by atoms with E-state index in [-0.39, 0.29) is 18.1 Å². The van der Waals surface area contributed by atoms with Crippen LogP contribution in [0.4, 0.5) is 5.69 Å². The molecule has 0 spiro atoms. The van der Waals surface area contributed by atoms with Crippen LogP contribution in [0.5, 0.6) is 11.5 Å². The highest BCUT2D eigenvalue weighted by molar-refractivity contribution is 8.18. The van der Waals surface area contributed by atoms with Gasteiger partial charge in [-0.3, -0.25) is 4.79 Å². The van der Waals surface area contributed by atoms with Gasteiger partial charge in [0, 0.05) is 5.02 Å². The van der Waals surface area contributed by atoms with Gasteiger partial charge in [0.05, 0.1) is 27.8 Å². The number of amidine groups is 1. The molecule has 7 nitrogen and oxygen atoms in total. The van der Waals surface area contributed by atoms with Gasteiger partial charge in [-0.05, 0) is 84.8 Å². The summed E-state index contributed by atoms with van der Waals surface area (Å²) in [5.74, 6) is -0.565. The van der Waals surface area contributed by atoms with E-state index < -0.39 is 5.97 Å². The molecule has 1 aliphatic heterocycles. The van der Waals surface area contributed by atoms with Crippen molar-refractivity contribution in [2.24, 2.45) is 4.99 Å². The number of benzene rings is 3. The zero-order chi connectivity index (χ0) is 26.5. The van der Waals surface area contributed by atoms with Gasteiger partial charge in [-0.2, -0.15) is 0 Å². The molecule has 3 aromatic rings. The molecule has 3 aromatic carbocycles. The second-order valence-corrected chi connectivity index (χ2v) is 9.77. The fourth-order valence-corrected chi connectivity index (χ4v) is 4.76. The molecule has 1 aliphatic rings. The van der Waals surface area contributed by atoms with Gasteiger partial charge in [0.2, 0.25) is 0 Å². The highest BCUT2D eigenvalue weighted by Gasteiger charge is 2.24. The van der Waals surface area contributed by atoms with Gasteiger partial charge in [0.25, 0.3) is 5.91 Å². The molecule has 1 amide bonds. The number of nitrogens with zero attached hydrogens (tertiary/aromatic N) is 1. The number of rotatable bonds is 8. The number of ether oxygens (including phenoxy) is 2. The summed E-state index contributed by atoms with van der Waals surface area (Å²) in [6.45, 7) is 4.16. The molecule has 0 aliphatic carbocycles. The number of nitrogens with one attached hydrogen (secondary N) is 1. The summed E-state index contributed by atoms with van der Waals surface area (Å²) in [4.78, 5) is 28.8. The maximum Gasteiger partial charge on any atom is 0.335 e. The van der Waals surface area contributed by atoms with Crippen LogP contribution in [0.15, 0.2) is 64.5 Å². The molecule has 4 rings (SSSR count). The summed E-state index contributed by atoms with van der Waals surface area (Å²) in [6, 6.07) is 15.3. The van der Waals surface area contributed by atoms with Crippen LogP contribution >= 0.6 is 35.0 Å². The standard InChI is InChI=1S/C27H22Cl2N2O5S/c1-3-35-22-12-17(11-20(29)24(22)36-14-16-6-4-7-18(10-16)26(33)34)13-23-25(32)31-27(37-23)30-21-9-5-8-19(28)15(21)2/h4-13H,3,14H2,1-2H3,(H,33,34)(H,30,31,32)/b23-13+. The van der Waals surface area contributed by atoms with Crippen molar-refractivity contribution in [1.82, 2.24) is 5.32 Å². The van der Waals surface area contributed by atoms with E-state index in [1.54, 1.807) is 42.5 Å². The van der Waals surface area contributed by atoms with Crippen molar-refractivity contribution in [1.29, 1.82) is 0 Å². The molecule has 1 saturated heterocycles. The molecule has 0 radical (unpaired) electrons. The van der Waals surface area contributed by atoms with Crippen molar-refractivity contribution in [3.63, 3.8) is 0 Å². The molecule has 0 saturated carbocycles. The lowest BCUT2D eigenvalue weighted by atomic mass is 10.1. The summed E-state index contributed by atoms with van der Waals surface area (Å²) in [6.07, 6.45) is 1.70. The predicted octanol–water partition coefficient (Wildman–Crippen LogP) is 6.87. The lowest BCUT2D eigenvalue weighted by molar-refractivity contribution is -0.115. The SMILES string of the molecule is CCOc1cc(/C=C2/SC(=Nc3cccc(Cl)c3C)NC2=O)cc(Cl)c1OCc1cccc(C(=O)O)c1. The molecule has 1 fully saturated rings. The normalized spacial score (nSPS) is 15.2. The van der Waals surface area contributed by atoms with Crippen molar-refractivity contribution in [3.05, 3.63) is 91.8 Å². The van der Waals surface area contributed by atoms with Gasteiger partial charge in [0.1, 0.15) is 6.61 Å². The van der Waals surface area contributed by atoms with Gasteiger partial charge < -0.3 is 19.9 Å². The third-order valence-corrected chi connectivity index (χ3v) is 6.90. The number of thioether (sulfide) groups is 1. The molecule has 0 atom stereocenters. The fourth-order valence-electron chi connectivity index (χ4n) is 3.48. The number of aliphatic imine (C=N–C) groups is 1. The molecule has 10 heteroatoms. The number of hydrogen-bond donors (Lipinski definition) is 2. The first-order valence-corrected chi connectivity index (χ1v) is 12.8. The average Bonchev–Trinajstić information content (AvgIpc) is 3.20. The summed E-state index contributed by atoms with van der Waals surface area (Å²) in [5.41, 5.74) is 2.98. The van der Waals surface area contributed by atoms with Crippen molar-refractivity contribution in [2.45, 2.75) is 20.5 Å². The van der Waals surface area contributed by atoms with E-state index in [2.05, 4.69) is 10.3 Å². The molecule has 2 N–H and O–H groups in total. The Morgan fingerprint density at radius 1 is 1.11 bits per heavy atom. The zero-order valence-corrected chi connectivity index (χ0v) is 22.2. The van der Waals surface area contributed by atoms with E-state index in [0.717, 1.165) is 5.56 Å². The van der Waals surface area contributed by atoms with E-state index in [0.29, 0.717) is 55.0 Å². The third kappa shape index (κ3) is 6.46. The van der Waals surface area contributed by atoms with Crippen LogP contribution in [0.25, 0.3) is 6.08 Å². The second-order valence-electron chi connectivity index (χ2n) is 7.92. The first kappa shape index (κ1) is 26.6. The van der Waals surface area contributed by atoms with E-state index in [1.807, 2.05) is 19.9 Å². The Kier molecular flexibility index (Phi) is 8.43. The number of carbonyl (C=O) groups is 2. The summed E-state index contributed by atoms with van der Waals surface area (Å²) >= 11 is 13.9. The summed E-state index contributed by atoms with van der Waals surface area (Å²) in [7, 11) is 0. The molecule has 190 valence electrons. The number of carboxylic acids is 1. The van der Waals surface area contributed by atoms with Crippen LogP contribution in [-0.2, 0) is 11.4 Å². The molecule has 0 aromatic heterocycles. The highest BCUT2D eigenvalue weighted by Crippen LogP contribution is 2.39. The lowest BCUT2D eigenvalue weighted by Crippen LogP contribution is -2.19. The van der Waals surface area contributed by atoms with Crippen LogP contribution < -0.4 is 14.8 Å². The minimum Gasteiger partial charge on any atom is -0.490 e. The van der Waals surface area contributed by atoms with Crippen LogP contribution in [0, 0.1) is 6.92 Å². The molecule has 0 unspecified atom stereocenters. The number of carbonyl (C=O) groups excluding carboxylic acids is 1. The van der Waals surface area contributed by atoms with Crippen molar-refractivity contribution in [2.75, 3.05) is 6.61 Å². The van der Waals surface area contributed by atoms with E-state index in [1.165, 1.54) is 23.9 Å². The lowest BCUT2D eigenvalue weighted by Gasteiger charge is -2.15. The fraction of sp³-hybridized carbons (Fsp3) is 0.148. The van der Waals surface area contributed by atoms with Gasteiger partial charge >= 0.3 is 5.97 Å². The van der Waals surface area contributed by atoms with E-state index in [4.69, 9.17) is 32.7 Å². The molecular weight excluding hydrogens is 535 g/mol. The highest BCUT2D eigenvalue weighted by atomic mass is 35.5. The first-order chi connectivity index (χ1) is 17.7. The minimum absolute atomic E-state index is 0.0996. The third-order valence-electron chi connectivity index (χ3n) is 5.30. The maximum atomic E-state index is 12.6. The summed E-state index contributed by atoms with van der Waals surface area (Å²) in [5, 5.41) is 13.3. The number of carboxylic acid groups (broad SMARTS) is 1. The zero-order valence-electron chi connectivity index (χ0n) is 19.9. The monoisotopic (exact) mass is 556 g/mol. The van der Waals surface area contributed by atoms with Crippen molar-refractivity contribution >= 4 is 63.8 Å². The number of aromatic carboxylic acids is 1. The van der Waals surface area contributed by atoms with Crippen LogP contribution in [0.1, 0.15) is 34.0 Å². The molecule has 1 heterocycles. The van der Waals surface area contributed by atoms with Gasteiger partial charge in [0.15, 0.2) is 16.7 Å². The minimum atomic E-state index is -1.02. The molecular formula is C27H22Cl2N2O5S. The van der Waals surface area contributed by atoms with Crippen molar-refractivity contribution < 1.29 is 24.2 Å². The van der Waals surface area contributed by atoms with Crippen LogP contribution in [0.3, 0.4) is 0 Å². The van der Waals surface area contributed by atoms with Gasteiger partial charge in [-0.15, -0.1) is 0 Å². The Morgan fingerprint density at radius 3 is 2.65 bits per heavy atom. The first-order valence-electron chi connectivity index (χ1n) is 11.2. The summed E-state index contributed by atoms with van der Waals surface area (Å²) < 4.78 is 11.7. The number of hydrogen-bond acceptors (Lipinski definition) is 6. The largest absolute Gasteiger partial charge is 0.490 e. The Hall–Kier alpha value is -3.46. The second kappa shape index (κ2) is 11.7. The predicted molar refractivity (Wildman–Crippen MR) is 147 cm³/mol. The van der Waals surface area contributed by atoms with Gasteiger partial charge in [-0.25, -0.2) is 9.79 Å². The molecule has 0 bridgehead atoms. The number of amides is 1. The smallest absolute Gasteiger partial charge is 0.335 e. The van der Waals surface area contributed by atoms with Gasteiger partial charge in [-0.1, -0.05) is 41.4 Å². The molecule has 37 heavy (non-hydrogen) atoms. The van der Waals surface area contributed by atoms with Crippen LogP contribution in [0.2, 0.25) is 10.0 Å². The Bertz CT molecular complexity index is 1440. The quantitative estimate of drug-likeness (QED) is 0.294. The van der Waals surface area contributed by atoms with E-state index in [9.17, 15) is 14.7 Å². The van der Waals surface area contributed by atoms with Crippen LogP contribution in [-0.4, -0.2) is 28.8 Å². The van der Waals surface area contributed by atoms with E-state index >= 15 is 0 Å². The number of halogens is 2. The Labute approximate surface area is 228 Å². The topological polar surface area (TPSA) is 97.2 Å². The van der Waals surface area contributed by atoms with Crippen molar-refractivity contribution in [3.8, 4) is 11.5 Å². The Balaban J connectivity index is 1.57. The Morgan fingerprint density at radius 2 is 1.89 bits per heavy atom. The average molecular weight is 557 g/mol. The maximum absolute atomic E-state index is 12.6.